The van der Waals surface area contributed by atoms with E-state index < -0.39 is 0 Å². The van der Waals surface area contributed by atoms with Gasteiger partial charge in [0.15, 0.2) is 11.5 Å². The van der Waals surface area contributed by atoms with Gasteiger partial charge in [-0.2, -0.15) is 0 Å². The summed E-state index contributed by atoms with van der Waals surface area (Å²) in [6.45, 7) is 8.16. The molecule has 2 rings (SSSR count). The highest BCUT2D eigenvalue weighted by Crippen LogP contribution is 2.37. The molecule has 0 aliphatic carbocycles. The van der Waals surface area contributed by atoms with Crippen LogP contribution >= 0.6 is 15.9 Å². The molecule has 28 heavy (non-hydrogen) atoms. The number of unbranched alkanes of at least 4 members (excludes halogenated alkanes) is 1. The first kappa shape index (κ1) is 22.7. The third kappa shape index (κ3) is 7.46. The number of rotatable bonds is 13. The van der Waals surface area contributed by atoms with Gasteiger partial charge in [-0.25, -0.2) is 0 Å². The van der Waals surface area contributed by atoms with E-state index in [1.54, 1.807) is 7.11 Å². The molecule has 0 saturated heterocycles. The number of nitrogens with one attached hydrogen (secondary N) is 1. The fourth-order valence-corrected chi connectivity index (χ4v) is 3.42. The maximum absolute atomic E-state index is 6.06. The van der Waals surface area contributed by atoms with Gasteiger partial charge in [0, 0.05) is 19.8 Å². The van der Waals surface area contributed by atoms with Crippen molar-refractivity contribution in [1.29, 1.82) is 0 Å². The summed E-state index contributed by atoms with van der Waals surface area (Å²) in [6.07, 6.45) is 3.33. The van der Waals surface area contributed by atoms with Gasteiger partial charge >= 0.3 is 0 Å². The lowest BCUT2D eigenvalue weighted by Gasteiger charge is -2.15. The van der Waals surface area contributed by atoms with E-state index in [0.29, 0.717) is 6.61 Å². The van der Waals surface area contributed by atoms with E-state index in [4.69, 9.17) is 14.2 Å². The van der Waals surface area contributed by atoms with Crippen molar-refractivity contribution in [2.45, 2.75) is 46.3 Å². The van der Waals surface area contributed by atoms with E-state index in [1.165, 1.54) is 17.5 Å². The summed E-state index contributed by atoms with van der Waals surface area (Å²) >= 11 is 3.64. The zero-order chi connectivity index (χ0) is 20.2. The van der Waals surface area contributed by atoms with Crippen LogP contribution in [0.4, 0.5) is 0 Å². The monoisotopic (exact) mass is 449 g/mol. The van der Waals surface area contributed by atoms with E-state index >= 15 is 0 Å². The molecule has 4 nitrogen and oxygen atoms in total. The molecule has 0 radical (unpaired) electrons. The van der Waals surface area contributed by atoms with Crippen molar-refractivity contribution in [2.24, 2.45) is 0 Å². The molecule has 0 spiro atoms. The van der Waals surface area contributed by atoms with Gasteiger partial charge in [0.05, 0.1) is 11.6 Å². The highest BCUT2D eigenvalue weighted by atomic mass is 79.9. The van der Waals surface area contributed by atoms with Crippen LogP contribution in [0, 0.1) is 6.92 Å². The summed E-state index contributed by atoms with van der Waals surface area (Å²) in [5.74, 6) is 1.47. The highest BCUT2D eigenvalue weighted by Gasteiger charge is 2.12. The molecule has 0 aromatic heterocycles. The molecule has 0 heterocycles. The average molecular weight is 450 g/mol. The predicted molar refractivity (Wildman–Crippen MR) is 118 cm³/mol. The topological polar surface area (TPSA) is 39.7 Å². The molecule has 2 aromatic carbocycles. The van der Waals surface area contributed by atoms with Crippen LogP contribution in [0.5, 0.6) is 11.5 Å². The van der Waals surface area contributed by atoms with Crippen LogP contribution in [0.2, 0.25) is 0 Å². The Morgan fingerprint density at radius 1 is 1.07 bits per heavy atom. The number of hydrogen-bond acceptors (Lipinski definition) is 4. The number of ether oxygens (including phenoxy) is 3. The molecule has 0 atom stereocenters. The van der Waals surface area contributed by atoms with Crippen molar-refractivity contribution in [3.63, 3.8) is 0 Å². The van der Waals surface area contributed by atoms with Crippen LogP contribution in [0.25, 0.3) is 0 Å². The summed E-state index contributed by atoms with van der Waals surface area (Å²) in [7, 11) is 1.67. The van der Waals surface area contributed by atoms with Crippen molar-refractivity contribution in [2.75, 3.05) is 26.9 Å². The third-order valence-corrected chi connectivity index (χ3v) is 5.13. The first-order valence-corrected chi connectivity index (χ1v) is 10.8. The van der Waals surface area contributed by atoms with Crippen molar-refractivity contribution in [3.05, 3.63) is 57.6 Å². The maximum Gasteiger partial charge on any atom is 0.175 e. The van der Waals surface area contributed by atoms with Crippen molar-refractivity contribution >= 4 is 15.9 Å². The van der Waals surface area contributed by atoms with Gasteiger partial charge < -0.3 is 19.5 Å². The predicted octanol–water partition coefficient (Wildman–Crippen LogP) is 5.64. The molecule has 5 heteroatoms. The van der Waals surface area contributed by atoms with Crippen LogP contribution in [-0.4, -0.2) is 26.9 Å². The van der Waals surface area contributed by atoms with Crippen LogP contribution < -0.4 is 14.8 Å². The fraction of sp³-hybridized carbons (Fsp3) is 0.478. The van der Waals surface area contributed by atoms with Gasteiger partial charge in [-0.1, -0.05) is 37.6 Å². The average Bonchev–Trinajstić information content (AvgIpc) is 2.70. The normalized spacial score (nSPS) is 10.9. The highest BCUT2D eigenvalue weighted by molar-refractivity contribution is 9.10. The number of hydrogen-bond donors (Lipinski definition) is 1. The zero-order valence-corrected chi connectivity index (χ0v) is 18.8. The molecule has 0 unspecified atom stereocenters. The smallest absolute Gasteiger partial charge is 0.175 e. The molecule has 154 valence electrons. The second kappa shape index (κ2) is 12.8. The Morgan fingerprint density at radius 2 is 1.86 bits per heavy atom. The Morgan fingerprint density at radius 3 is 2.61 bits per heavy atom. The molecular weight excluding hydrogens is 418 g/mol. The van der Waals surface area contributed by atoms with Gasteiger partial charge in [-0.3, -0.25) is 0 Å². The third-order valence-electron chi connectivity index (χ3n) is 4.54. The van der Waals surface area contributed by atoms with E-state index in [9.17, 15) is 0 Å². The Labute approximate surface area is 177 Å². The van der Waals surface area contributed by atoms with Crippen LogP contribution in [0.15, 0.2) is 40.9 Å². The molecule has 0 amide bonds. The summed E-state index contributed by atoms with van der Waals surface area (Å²) in [6, 6.07) is 12.4. The zero-order valence-electron chi connectivity index (χ0n) is 17.2. The first-order chi connectivity index (χ1) is 13.7. The summed E-state index contributed by atoms with van der Waals surface area (Å²) < 4.78 is 18.1. The Bertz CT molecular complexity index is 721. The number of benzene rings is 2. The molecule has 0 saturated carbocycles. The Hall–Kier alpha value is -1.56. The van der Waals surface area contributed by atoms with Crippen LogP contribution in [0.3, 0.4) is 0 Å². The van der Waals surface area contributed by atoms with Crippen LogP contribution in [0.1, 0.15) is 42.9 Å². The molecule has 2 aromatic rings. The van der Waals surface area contributed by atoms with E-state index in [0.717, 1.165) is 60.7 Å². The van der Waals surface area contributed by atoms with E-state index in [1.807, 2.05) is 18.2 Å². The lowest BCUT2D eigenvalue weighted by molar-refractivity contribution is 0.129. The molecule has 0 aliphatic rings. The van der Waals surface area contributed by atoms with Crippen molar-refractivity contribution < 1.29 is 14.2 Å². The minimum Gasteiger partial charge on any atom is -0.493 e. The minimum absolute atomic E-state index is 0.511. The quantitative estimate of drug-likeness (QED) is 0.401. The SMILES string of the molecule is CCCCOCCCNCc1cc(Br)c(OCc2ccccc2C)c(OC)c1. The minimum atomic E-state index is 0.511. The van der Waals surface area contributed by atoms with E-state index in [2.05, 4.69) is 53.3 Å². The van der Waals surface area contributed by atoms with Crippen molar-refractivity contribution in [3.8, 4) is 11.5 Å². The Kier molecular flexibility index (Phi) is 10.4. The first-order valence-electron chi connectivity index (χ1n) is 9.97. The summed E-state index contributed by atoms with van der Waals surface area (Å²) in [5.41, 5.74) is 3.54. The van der Waals surface area contributed by atoms with Gasteiger partial charge in [0.1, 0.15) is 6.61 Å². The van der Waals surface area contributed by atoms with E-state index in [-0.39, 0.29) is 0 Å². The fourth-order valence-electron chi connectivity index (χ4n) is 2.82. The maximum atomic E-state index is 6.06. The molecule has 1 N–H and O–H groups in total. The molecule has 0 fully saturated rings. The number of halogens is 1. The van der Waals surface area contributed by atoms with Gasteiger partial charge in [0.25, 0.3) is 0 Å². The largest absolute Gasteiger partial charge is 0.493 e. The summed E-state index contributed by atoms with van der Waals surface area (Å²) in [4.78, 5) is 0. The lowest BCUT2D eigenvalue weighted by Crippen LogP contribution is -2.16. The van der Waals surface area contributed by atoms with Crippen molar-refractivity contribution in [1.82, 2.24) is 5.32 Å². The summed E-state index contributed by atoms with van der Waals surface area (Å²) in [5, 5.41) is 3.46. The second-order valence-corrected chi connectivity index (χ2v) is 7.67. The number of methoxy groups -OCH3 is 1. The molecule has 0 aliphatic heterocycles. The standard InChI is InChI=1S/C23H32BrNO3/c1-4-5-12-27-13-8-11-25-16-19-14-21(24)23(22(15-19)26-3)28-17-20-10-7-6-9-18(20)2/h6-7,9-10,14-15,25H,4-5,8,11-13,16-17H2,1-3H3. The van der Waals surface area contributed by atoms with Gasteiger partial charge in [-0.15, -0.1) is 0 Å². The van der Waals surface area contributed by atoms with Gasteiger partial charge in [-0.05, 0) is 71.1 Å². The molecular formula is C23H32BrNO3. The Balaban J connectivity index is 1.85. The second-order valence-electron chi connectivity index (χ2n) is 6.82. The van der Waals surface area contributed by atoms with Crippen LogP contribution in [-0.2, 0) is 17.9 Å². The van der Waals surface area contributed by atoms with Gasteiger partial charge in [0.2, 0.25) is 0 Å². The molecule has 0 bridgehead atoms. The number of aryl methyl sites for hydroxylation is 1. The lowest BCUT2D eigenvalue weighted by atomic mass is 10.1.